The van der Waals surface area contributed by atoms with E-state index in [0.717, 1.165) is 4.90 Å². The van der Waals surface area contributed by atoms with E-state index in [0.29, 0.717) is 13.0 Å². The number of amides is 1. The molecule has 7 heteroatoms. The third kappa shape index (κ3) is 5.02. The molecular weight excluding hydrogens is 292 g/mol. The van der Waals surface area contributed by atoms with Crippen LogP contribution in [-0.4, -0.2) is 35.3 Å². The van der Waals surface area contributed by atoms with Crippen LogP contribution in [-0.2, 0) is 0 Å². The second-order valence-electron chi connectivity index (χ2n) is 5.46. The number of rotatable bonds is 7. The number of carbonyl (C=O) groups excluding carboxylic acids is 1. The van der Waals surface area contributed by atoms with Gasteiger partial charge < -0.3 is 10.4 Å². The van der Waals surface area contributed by atoms with E-state index in [9.17, 15) is 14.9 Å². The quantitative estimate of drug-likeness (QED) is 0.458. The molecule has 0 aromatic heterocycles. The van der Waals surface area contributed by atoms with Crippen molar-refractivity contribution in [1.82, 2.24) is 5.32 Å². The predicted octanol–water partition coefficient (Wildman–Crippen LogP) is 2.46. The summed E-state index contributed by atoms with van der Waals surface area (Å²) >= 11 is 1.42. The maximum atomic E-state index is 12.2. The number of nitro groups is 1. The fourth-order valence-corrected chi connectivity index (χ4v) is 2.23. The van der Waals surface area contributed by atoms with Crippen molar-refractivity contribution in [1.29, 1.82) is 0 Å². The molecule has 2 N–H and O–H groups in total. The summed E-state index contributed by atoms with van der Waals surface area (Å²) in [5, 5.41) is 22.7. The summed E-state index contributed by atoms with van der Waals surface area (Å²) in [6, 6.07) is 4.49. The molecule has 0 aliphatic rings. The molecule has 0 spiro atoms. The molecule has 0 bridgehead atoms. The molecule has 0 aliphatic carbocycles. The lowest BCUT2D eigenvalue weighted by Crippen LogP contribution is -2.34. The van der Waals surface area contributed by atoms with Crippen molar-refractivity contribution in [3.05, 3.63) is 33.9 Å². The minimum Gasteiger partial charge on any atom is -0.396 e. The predicted molar refractivity (Wildman–Crippen MR) is 82.7 cm³/mol. The number of benzene rings is 1. The monoisotopic (exact) mass is 312 g/mol. The minimum absolute atomic E-state index is 0.0327. The number of carbonyl (C=O) groups is 1. The van der Waals surface area contributed by atoms with E-state index in [1.165, 1.54) is 23.9 Å². The topological polar surface area (TPSA) is 92.5 Å². The molecule has 0 saturated carbocycles. The van der Waals surface area contributed by atoms with Gasteiger partial charge in [-0.1, -0.05) is 13.8 Å². The number of thioether (sulfide) groups is 1. The highest BCUT2D eigenvalue weighted by molar-refractivity contribution is 7.98. The molecule has 6 nitrogen and oxygen atoms in total. The summed E-state index contributed by atoms with van der Waals surface area (Å²) in [7, 11) is 0. The molecule has 1 aromatic rings. The van der Waals surface area contributed by atoms with Crippen LogP contribution in [0.1, 0.15) is 30.6 Å². The Kier molecular flexibility index (Phi) is 6.17. The summed E-state index contributed by atoms with van der Waals surface area (Å²) in [6.07, 6.45) is 2.38. The molecule has 1 amide bonds. The Balaban J connectivity index is 2.93. The molecule has 0 heterocycles. The average Bonchev–Trinajstić information content (AvgIpc) is 2.44. The first kappa shape index (κ1) is 17.5. The summed E-state index contributed by atoms with van der Waals surface area (Å²) in [6.45, 7) is 4.20. The maximum Gasteiger partial charge on any atom is 0.282 e. The smallest absolute Gasteiger partial charge is 0.282 e. The third-order valence-electron chi connectivity index (χ3n) is 3.16. The van der Waals surface area contributed by atoms with Crippen molar-refractivity contribution in [2.24, 2.45) is 5.41 Å². The van der Waals surface area contributed by atoms with Gasteiger partial charge in [-0.3, -0.25) is 14.9 Å². The van der Waals surface area contributed by atoms with Gasteiger partial charge in [-0.2, -0.15) is 0 Å². The maximum absolute atomic E-state index is 12.2. The van der Waals surface area contributed by atoms with Gasteiger partial charge in [-0.15, -0.1) is 11.8 Å². The van der Waals surface area contributed by atoms with Gasteiger partial charge in [0.05, 0.1) is 4.92 Å². The number of nitro benzene ring substituents is 1. The van der Waals surface area contributed by atoms with Gasteiger partial charge in [0.15, 0.2) is 0 Å². The van der Waals surface area contributed by atoms with Crippen LogP contribution in [0.25, 0.3) is 0 Å². The minimum atomic E-state index is -0.558. The Hall–Kier alpha value is -1.60. The molecule has 0 aliphatic heterocycles. The zero-order valence-electron chi connectivity index (χ0n) is 12.4. The normalized spacial score (nSPS) is 11.2. The number of nitrogens with zero attached hydrogens (tertiary/aromatic N) is 1. The molecule has 0 fully saturated rings. The van der Waals surface area contributed by atoms with Crippen molar-refractivity contribution < 1.29 is 14.8 Å². The van der Waals surface area contributed by atoms with Crippen LogP contribution in [0.15, 0.2) is 23.1 Å². The number of aliphatic hydroxyl groups excluding tert-OH is 1. The molecular formula is C14H20N2O4S. The second-order valence-corrected chi connectivity index (χ2v) is 6.34. The second kappa shape index (κ2) is 7.42. The standard InChI is InChI=1S/C14H20N2O4S/c1-14(2,6-7-17)9-15-13(18)11-8-10(21-3)4-5-12(11)16(19)20/h4-5,8,17H,6-7,9H2,1-3H3,(H,15,18). The van der Waals surface area contributed by atoms with Crippen LogP contribution in [0.3, 0.4) is 0 Å². The number of aliphatic hydroxyl groups is 1. The van der Waals surface area contributed by atoms with E-state index in [1.807, 2.05) is 20.1 Å². The zero-order valence-corrected chi connectivity index (χ0v) is 13.2. The van der Waals surface area contributed by atoms with E-state index in [2.05, 4.69) is 5.32 Å². The van der Waals surface area contributed by atoms with Crippen LogP contribution in [0, 0.1) is 15.5 Å². The van der Waals surface area contributed by atoms with Gasteiger partial charge in [-0.05, 0) is 30.2 Å². The van der Waals surface area contributed by atoms with Crippen LogP contribution in [0.2, 0.25) is 0 Å². The van der Waals surface area contributed by atoms with Crippen molar-refractivity contribution in [3.8, 4) is 0 Å². The SMILES string of the molecule is CSc1ccc([N+](=O)[O-])c(C(=O)NCC(C)(C)CCO)c1. The van der Waals surface area contributed by atoms with Crippen molar-refractivity contribution in [2.75, 3.05) is 19.4 Å². The van der Waals surface area contributed by atoms with E-state index in [-0.39, 0.29) is 23.3 Å². The zero-order chi connectivity index (χ0) is 16.0. The fourth-order valence-electron chi connectivity index (χ4n) is 1.79. The summed E-state index contributed by atoms with van der Waals surface area (Å²) in [5.74, 6) is -0.469. The number of hydrogen-bond donors (Lipinski definition) is 2. The van der Waals surface area contributed by atoms with Gasteiger partial charge in [0.25, 0.3) is 11.6 Å². The van der Waals surface area contributed by atoms with Crippen molar-refractivity contribution in [3.63, 3.8) is 0 Å². The van der Waals surface area contributed by atoms with Gasteiger partial charge in [-0.25, -0.2) is 0 Å². The van der Waals surface area contributed by atoms with Crippen LogP contribution >= 0.6 is 11.8 Å². The Morgan fingerprint density at radius 3 is 2.67 bits per heavy atom. The van der Waals surface area contributed by atoms with Crippen LogP contribution < -0.4 is 5.32 Å². The Labute approximate surface area is 128 Å². The molecule has 116 valence electrons. The number of nitrogens with one attached hydrogen (secondary N) is 1. The first-order valence-electron chi connectivity index (χ1n) is 6.52. The van der Waals surface area contributed by atoms with E-state index >= 15 is 0 Å². The first-order chi connectivity index (χ1) is 9.80. The lowest BCUT2D eigenvalue weighted by atomic mass is 9.89. The summed E-state index contributed by atoms with van der Waals surface area (Å²) in [5.41, 5.74) is -0.409. The lowest BCUT2D eigenvalue weighted by Gasteiger charge is -2.23. The van der Waals surface area contributed by atoms with E-state index in [4.69, 9.17) is 5.11 Å². The van der Waals surface area contributed by atoms with Crippen LogP contribution in [0.4, 0.5) is 5.69 Å². The summed E-state index contributed by atoms with van der Waals surface area (Å²) in [4.78, 5) is 23.5. The highest BCUT2D eigenvalue weighted by atomic mass is 32.2. The van der Waals surface area contributed by atoms with Gasteiger partial charge in [0.2, 0.25) is 0 Å². The molecule has 0 atom stereocenters. The molecule has 0 saturated heterocycles. The Bertz CT molecular complexity index is 532. The molecule has 0 unspecified atom stereocenters. The van der Waals surface area contributed by atoms with Crippen LogP contribution in [0.5, 0.6) is 0 Å². The Morgan fingerprint density at radius 1 is 1.48 bits per heavy atom. The van der Waals surface area contributed by atoms with E-state index in [1.54, 1.807) is 6.07 Å². The molecule has 0 radical (unpaired) electrons. The van der Waals surface area contributed by atoms with Gasteiger partial charge in [0, 0.05) is 24.1 Å². The molecule has 1 rings (SSSR count). The van der Waals surface area contributed by atoms with Crippen molar-refractivity contribution >= 4 is 23.4 Å². The Morgan fingerprint density at radius 2 is 2.14 bits per heavy atom. The van der Waals surface area contributed by atoms with Gasteiger partial charge in [0.1, 0.15) is 5.56 Å². The highest BCUT2D eigenvalue weighted by Gasteiger charge is 2.23. The summed E-state index contributed by atoms with van der Waals surface area (Å²) < 4.78 is 0. The lowest BCUT2D eigenvalue weighted by molar-refractivity contribution is -0.385. The fraction of sp³-hybridized carbons (Fsp3) is 0.500. The first-order valence-corrected chi connectivity index (χ1v) is 7.74. The number of hydrogen-bond acceptors (Lipinski definition) is 5. The third-order valence-corrected chi connectivity index (χ3v) is 3.89. The molecule has 1 aromatic carbocycles. The highest BCUT2D eigenvalue weighted by Crippen LogP contribution is 2.25. The molecule has 21 heavy (non-hydrogen) atoms. The van der Waals surface area contributed by atoms with E-state index < -0.39 is 10.8 Å². The average molecular weight is 312 g/mol. The van der Waals surface area contributed by atoms with Gasteiger partial charge >= 0.3 is 0 Å². The van der Waals surface area contributed by atoms with Crippen molar-refractivity contribution in [2.45, 2.75) is 25.2 Å². The largest absolute Gasteiger partial charge is 0.396 e.